The number of aryl methyl sites for hydroxylation is 2. The maximum absolute atomic E-state index is 13.0. The van der Waals surface area contributed by atoms with Gasteiger partial charge < -0.3 is 9.64 Å². The molecule has 0 N–H and O–H groups in total. The summed E-state index contributed by atoms with van der Waals surface area (Å²) in [5.74, 6) is 1.80. The van der Waals surface area contributed by atoms with Crippen molar-refractivity contribution in [3.63, 3.8) is 0 Å². The number of likely N-dealkylation sites (tertiary alicyclic amines) is 1. The molecule has 2 aromatic rings. The number of ether oxygens (including phenoxy) is 1. The summed E-state index contributed by atoms with van der Waals surface area (Å²) in [6.45, 7) is 10.1. The number of para-hydroxylation sites is 1. The minimum atomic E-state index is 0.121. The van der Waals surface area contributed by atoms with Crippen molar-refractivity contribution < 1.29 is 9.53 Å². The maximum atomic E-state index is 13.0. The monoisotopic (exact) mass is 452 g/mol. The van der Waals surface area contributed by atoms with Crippen LogP contribution in [0.3, 0.4) is 0 Å². The Hall–Kier alpha value is -2.34. The van der Waals surface area contributed by atoms with Gasteiger partial charge in [0.1, 0.15) is 12.4 Å². The summed E-state index contributed by atoms with van der Waals surface area (Å²) in [5.41, 5.74) is 2.31. The number of carbonyl (C=O) groups excluding carboxylic acids is 1. The first-order valence-electron chi connectivity index (χ1n) is 12.7. The molecular formula is C27H40N4O2. The molecule has 2 aliphatic heterocycles. The average molecular weight is 453 g/mol. The van der Waals surface area contributed by atoms with Crippen molar-refractivity contribution in [2.75, 3.05) is 39.3 Å². The van der Waals surface area contributed by atoms with Crippen LogP contribution >= 0.6 is 0 Å². The van der Waals surface area contributed by atoms with Crippen molar-refractivity contribution in [1.29, 1.82) is 0 Å². The summed E-state index contributed by atoms with van der Waals surface area (Å²) in [5, 5.41) is 4.18. The zero-order valence-electron chi connectivity index (χ0n) is 20.6. The average Bonchev–Trinajstić information content (AvgIpc) is 3.23. The lowest BCUT2D eigenvalue weighted by molar-refractivity contribution is 0.0355. The van der Waals surface area contributed by atoms with Crippen molar-refractivity contribution in [3.05, 3.63) is 47.8 Å². The van der Waals surface area contributed by atoms with Crippen molar-refractivity contribution in [2.45, 2.75) is 52.4 Å². The highest BCUT2D eigenvalue weighted by Gasteiger charge is 2.37. The SMILES string of the molecule is CC(C)CN1CCOc2ccccc2CCCCC2(CCN(C(=O)c3cnn(C)c3)CC2)C1. The zero-order chi connectivity index (χ0) is 23.3. The molecule has 1 amide bonds. The summed E-state index contributed by atoms with van der Waals surface area (Å²) >= 11 is 0. The van der Waals surface area contributed by atoms with Gasteiger partial charge in [0.2, 0.25) is 0 Å². The summed E-state index contributed by atoms with van der Waals surface area (Å²) in [6.07, 6.45) is 10.4. The number of rotatable bonds is 3. The molecule has 0 radical (unpaired) electrons. The molecule has 1 aromatic carbocycles. The van der Waals surface area contributed by atoms with Gasteiger partial charge in [-0.25, -0.2) is 0 Å². The third-order valence-corrected chi connectivity index (χ3v) is 7.29. The molecule has 1 fully saturated rings. The van der Waals surface area contributed by atoms with Crippen LogP contribution in [0.4, 0.5) is 0 Å². The number of amides is 1. The van der Waals surface area contributed by atoms with Gasteiger partial charge in [0, 0.05) is 46.0 Å². The topological polar surface area (TPSA) is 50.6 Å². The second-order valence-corrected chi connectivity index (χ2v) is 10.5. The third-order valence-electron chi connectivity index (χ3n) is 7.29. The number of piperidine rings is 1. The molecular weight excluding hydrogens is 412 g/mol. The van der Waals surface area contributed by atoms with Crippen LogP contribution in [0.1, 0.15) is 61.9 Å². The van der Waals surface area contributed by atoms with Crippen molar-refractivity contribution in [3.8, 4) is 5.75 Å². The van der Waals surface area contributed by atoms with E-state index in [0.29, 0.717) is 11.5 Å². The largest absolute Gasteiger partial charge is 0.492 e. The molecule has 0 unspecified atom stereocenters. The number of carbonyl (C=O) groups is 1. The van der Waals surface area contributed by atoms with Gasteiger partial charge in [-0.3, -0.25) is 14.4 Å². The van der Waals surface area contributed by atoms with E-state index in [1.165, 1.54) is 24.8 Å². The molecule has 6 nitrogen and oxygen atoms in total. The molecule has 0 bridgehead atoms. The summed E-state index contributed by atoms with van der Waals surface area (Å²) in [4.78, 5) is 17.6. The molecule has 0 saturated carbocycles. The van der Waals surface area contributed by atoms with Gasteiger partial charge in [0.15, 0.2) is 0 Å². The fraction of sp³-hybridized carbons (Fsp3) is 0.630. The summed E-state index contributed by atoms with van der Waals surface area (Å²) in [7, 11) is 1.86. The van der Waals surface area contributed by atoms with Crippen LogP contribution in [0.2, 0.25) is 0 Å². The Morgan fingerprint density at radius 2 is 1.91 bits per heavy atom. The van der Waals surface area contributed by atoms with Gasteiger partial charge in [-0.15, -0.1) is 0 Å². The second-order valence-electron chi connectivity index (χ2n) is 10.5. The number of aromatic nitrogens is 2. The fourth-order valence-corrected chi connectivity index (χ4v) is 5.56. The van der Waals surface area contributed by atoms with Crippen LogP contribution in [0.25, 0.3) is 0 Å². The van der Waals surface area contributed by atoms with Gasteiger partial charge in [0.05, 0.1) is 11.8 Å². The quantitative estimate of drug-likeness (QED) is 0.692. The lowest BCUT2D eigenvalue weighted by Crippen LogP contribution is -2.49. The maximum Gasteiger partial charge on any atom is 0.257 e. The van der Waals surface area contributed by atoms with Gasteiger partial charge in [-0.05, 0) is 55.1 Å². The Labute approximate surface area is 198 Å². The van der Waals surface area contributed by atoms with E-state index in [1.807, 2.05) is 18.1 Å². The third kappa shape index (κ3) is 6.17. The molecule has 1 spiro atoms. The molecule has 1 aromatic heterocycles. The van der Waals surface area contributed by atoms with Crippen molar-refractivity contribution in [1.82, 2.24) is 19.6 Å². The molecule has 1 saturated heterocycles. The second kappa shape index (κ2) is 10.7. The van der Waals surface area contributed by atoms with E-state index in [4.69, 9.17) is 4.74 Å². The fourth-order valence-electron chi connectivity index (χ4n) is 5.56. The minimum Gasteiger partial charge on any atom is -0.492 e. The first-order valence-corrected chi connectivity index (χ1v) is 12.7. The number of benzene rings is 1. The lowest BCUT2D eigenvalue weighted by Gasteiger charge is -2.45. The molecule has 180 valence electrons. The summed E-state index contributed by atoms with van der Waals surface area (Å²) in [6, 6.07) is 8.53. The van der Waals surface area contributed by atoms with E-state index in [9.17, 15) is 4.79 Å². The molecule has 0 aliphatic carbocycles. The number of fused-ring (bicyclic) bond motifs is 1. The minimum absolute atomic E-state index is 0.121. The first-order chi connectivity index (χ1) is 15.9. The van der Waals surface area contributed by atoms with Crippen LogP contribution in [0, 0.1) is 11.3 Å². The van der Waals surface area contributed by atoms with Crippen LogP contribution in [-0.2, 0) is 13.5 Å². The Kier molecular flexibility index (Phi) is 7.74. The molecule has 0 atom stereocenters. The van der Waals surface area contributed by atoms with Gasteiger partial charge in [-0.2, -0.15) is 5.10 Å². The van der Waals surface area contributed by atoms with Gasteiger partial charge in [-0.1, -0.05) is 38.5 Å². The number of hydrogen-bond donors (Lipinski definition) is 0. The molecule has 33 heavy (non-hydrogen) atoms. The van der Waals surface area contributed by atoms with E-state index in [0.717, 1.165) is 64.3 Å². The first kappa shape index (κ1) is 23.8. The van der Waals surface area contributed by atoms with Crippen LogP contribution in [0.5, 0.6) is 5.75 Å². The smallest absolute Gasteiger partial charge is 0.257 e. The lowest BCUT2D eigenvalue weighted by atomic mass is 9.73. The molecule has 3 heterocycles. The van der Waals surface area contributed by atoms with E-state index >= 15 is 0 Å². The van der Waals surface area contributed by atoms with E-state index in [-0.39, 0.29) is 11.3 Å². The zero-order valence-corrected chi connectivity index (χ0v) is 20.6. The predicted octanol–water partition coefficient (Wildman–Crippen LogP) is 4.41. The van der Waals surface area contributed by atoms with Crippen LogP contribution < -0.4 is 4.74 Å². The predicted molar refractivity (Wildman–Crippen MR) is 132 cm³/mol. The Morgan fingerprint density at radius 1 is 1.12 bits per heavy atom. The van der Waals surface area contributed by atoms with Crippen LogP contribution in [0.15, 0.2) is 36.7 Å². The standard InChI is InChI=1S/C27H40N4O2/c1-22(2)19-30-16-17-33-25-10-5-4-8-23(25)9-6-7-11-27(21-30)12-14-31(15-13-27)26(32)24-18-28-29(3)20-24/h4-5,8,10,18,20,22H,6-7,9,11-17,19,21H2,1-3H3. The Bertz CT molecular complexity index is 914. The highest BCUT2D eigenvalue weighted by Crippen LogP contribution is 2.39. The van der Waals surface area contributed by atoms with Crippen LogP contribution in [-0.4, -0.2) is 64.8 Å². The number of nitrogens with zero attached hydrogens (tertiary/aromatic N) is 4. The highest BCUT2D eigenvalue weighted by atomic mass is 16.5. The van der Waals surface area contributed by atoms with E-state index < -0.39 is 0 Å². The molecule has 2 aliphatic rings. The Balaban J connectivity index is 1.46. The highest BCUT2D eigenvalue weighted by molar-refractivity contribution is 5.93. The van der Waals surface area contributed by atoms with E-state index in [1.54, 1.807) is 10.9 Å². The molecule has 4 rings (SSSR count). The molecule has 6 heteroatoms. The van der Waals surface area contributed by atoms with Gasteiger partial charge in [0.25, 0.3) is 5.91 Å². The summed E-state index contributed by atoms with van der Waals surface area (Å²) < 4.78 is 7.95. The van der Waals surface area contributed by atoms with Crippen molar-refractivity contribution >= 4 is 5.91 Å². The normalized spacial score (nSPS) is 20.1. The Morgan fingerprint density at radius 3 is 2.64 bits per heavy atom. The van der Waals surface area contributed by atoms with Gasteiger partial charge >= 0.3 is 0 Å². The van der Waals surface area contributed by atoms with Crippen molar-refractivity contribution in [2.24, 2.45) is 18.4 Å². The number of hydrogen-bond acceptors (Lipinski definition) is 4. The van der Waals surface area contributed by atoms with E-state index in [2.05, 4.69) is 48.1 Å².